The van der Waals surface area contributed by atoms with Crippen LogP contribution in [0.15, 0.2) is 0 Å². The number of hydrogen-bond acceptors (Lipinski definition) is 10. The fourth-order valence-electron chi connectivity index (χ4n) is 1.86. The van der Waals surface area contributed by atoms with E-state index >= 15 is 0 Å². The fourth-order valence-corrected chi connectivity index (χ4v) is 2.36. The molecule has 0 aliphatic carbocycles. The van der Waals surface area contributed by atoms with E-state index in [0.29, 0.717) is 59.1 Å². The number of nitrogens with one attached hydrogen (secondary N) is 3. The van der Waals surface area contributed by atoms with Gasteiger partial charge in [0.1, 0.15) is 0 Å². The van der Waals surface area contributed by atoms with Crippen LogP contribution in [0.4, 0.5) is 0 Å². The van der Waals surface area contributed by atoms with Crippen LogP contribution in [-0.4, -0.2) is 114 Å². The second-order valence-electron chi connectivity index (χ2n) is 5.13. The quantitative estimate of drug-likeness (QED) is 0.0600. The summed E-state index contributed by atoms with van der Waals surface area (Å²) in [5.74, 6) is -1.22. The van der Waals surface area contributed by atoms with Gasteiger partial charge >= 0.3 is 165 Å². The normalized spacial score (nSPS) is 12.0. The SMILES string of the molecule is NCCNCCOC(C[O][Sn])(OCCNCCN)OCCNCCN. The Balaban J connectivity index is 4.40. The molecular formula is C14H35N6O4Sn. The van der Waals surface area contributed by atoms with E-state index in [2.05, 4.69) is 16.0 Å². The number of hydrogen-bond donors (Lipinski definition) is 6. The van der Waals surface area contributed by atoms with Crippen molar-refractivity contribution in [3.8, 4) is 0 Å². The van der Waals surface area contributed by atoms with E-state index in [1.807, 2.05) is 0 Å². The minimum absolute atomic E-state index is 0.204. The molecule has 0 saturated heterocycles. The summed E-state index contributed by atoms with van der Waals surface area (Å²) < 4.78 is 22.9. The van der Waals surface area contributed by atoms with Crippen LogP contribution in [0.2, 0.25) is 0 Å². The summed E-state index contributed by atoms with van der Waals surface area (Å²) in [5.41, 5.74) is 16.4. The molecule has 11 heteroatoms. The van der Waals surface area contributed by atoms with Gasteiger partial charge in [0.25, 0.3) is 0 Å². The molecule has 0 aromatic rings. The molecule has 0 rings (SSSR count). The van der Waals surface area contributed by atoms with Gasteiger partial charge in [-0.3, -0.25) is 0 Å². The zero-order valence-corrected chi connectivity index (χ0v) is 17.9. The zero-order chi connectivity index (χ0) is 18.6. The van der Waals surface area contributed by atoms with Crippen molar-refractivity contribution in [2.75, 3.05) is 85.3 Å². The first-order valence-corrected chi connectivity index (χ1v) is 9.84. The van der Waals surface area contributed by atoms with Crippen LogP contribution in [0.1, 0.15) is 0 Å². The van der Waals surface area contributed by atoms with E-state index in [9.17, 15) is 0 Å². The molecule has 0 amide bonds. The van der Waals surface area contributed by atoms with Crippen LogP contribution < -0.4 is 33.2 Å². The third-order valence-electron chi connectivity index (χ3n) is 3.01. The number of rotatable bonds is 20. The molecule has 0 fully saturated rings. The molecule has 10 nitrogen and oxygen atoms in total. The average molecular weight is 470 g/mol. The zero-order valence-electron chi connectivity index (χ0n) is 15.1. The summed E-state index contributed by atoms with van der Waals surface area (Å²) in [5, 5.41) is 9.51. The van der Waals surface area contributed by atoms with Crippen LogP contribution in [0, 0.1) is 0 Å². The molecule has 25 heavy (non-hydrogen) atoms. The number of ether oxygens (including phenoxy) is 3. The first kappa shape index (κ1) is 25.4. The van der Waals surface area contributed by atoms with Gasteiger partial charge in [0, 0.05) is 0 Å². The summed E-state index contributed by atoms with van der Waals surface area (Å²) in [6.07, 6.45) is 0. The molecule has 0 aliphatic rings. The van der Waals surface area contributed by atoms with Crippen molar-refractivity contribution in [1.82, 2.24) is 16.0 Å². The monoisotopic (exact) mass is 471 g/mol. The molecule has 9 N–H and O–H groups in total. The van der Waals surface area contributed by atoms with Crippen LogP contribution in [0.5, 0.6) is 0 Å². The van der Waals surface area contributed by atoms with Crippen molar-refractivity contribution in [2.24, 2.45) is 17.2 Å². The van der Waals surface area contributed by atoms with E-state index in [-0.39, 0.29) is 6.61 Å². The third kappa shape index (κ3) is 15.2. The second kappa shape index (κ2) is 19.2. The molecule has 0 unspecified atom stereocenters. The van der Waals surface area contributed by atoms with E-state index < -0.39 is 5.97 Å². The van der Waals surface area contributed by atoms with Crippen molar-refractivity contribution in [3.05, 3.63) is 0 Å². The molecule has 0 aromatic carbocycles. The number of nitrogens with two attached hydrogens (primary N) is 3. The molecule has 0 spiro atoms. The van der Waals surface area contributed by atoms with Crippen LogP contribution in [0.25, 0.3) is 0 Å². The minimum atomic E-state index is -1.22. The standard InChI is InChI=1S/C14H35N6O4.Sn/c15-1-4-18-7-10-22-14(13-21,23-11-8-19-5-2-16)24-12-9-20-6-3-17;/h18-20H,1-13,15-17H2;/q-1;+1. The van der Waals surface area contributed by atoms with E-state index in [1.54, 1.807) is 0 Å². The Labute approximate surface area is 164 Å². The molecule has 0 atom stereocenters. The predicted molar refractivity (Wildman–Crippen MR) is 98.1 cm³/mol. The summed E-state index contributed by atoms with van der Waals surface area (Å²) in [6, 6.07) is 0. The van der Waals surface area contributed by atoms with Crippen LogP contribution >= 0.6 is 0 Å². The topological polar surface area (TPSA) is 151 Å². The molecular weight excluding hydrogens is 435 g/mol. The Morgan fingerprint density at radius 3 is 1.28 bits per heavy atom. The molecule has 0 aliphatic heterocycles. The summed E-state index contributed by atoms with van der Waals surface area (Å²) in [6.45, 7) is 7.38. The average Bonchev–Trinajstić information content (AvgIpc) is 2.61. The van der Waals surface area contributed by atoms with Gasteiger partial charge in [-0.05, 0) is 0 Å². The van der Waals surface area contributed by atoms with Gasteiger partial charge in [0.15, 0.2) is 0 Å². The summed E-state index contributed by atoms with van der Waals surface area (Å²) in [7, 11) is 0. The Kier molecular flexibility index (Phi) is 19.5. The Hall–Kier alpha value is 0.399. The van der Waals surface area contributed by atoms with Gasteiger partial charge < -0.3 is 0 Å². The Morgan fingerprint density at radius 1 is 0.640 bits per heavy atom. The second-order valence-corrected chi connectivity index (χ2v) is 5.96. The van der Waals surface area contributed by atoms with E-state index in [0.717, 1.165) is 42.6 Å². The molecule has 0 bridgehead atoms. The molecule has 149 valence electrons. The maximum atomic E-state index is 5.87. The summed E-state index contributed by atoms with van der Waals surface area (Å²) in [4.78, 5) is 0. The van der Waals surface area contributed by atoms with Gasteiger partial charge in [-0.2, -0.15) is 0 Å². The van der Waals surface area contributed by atoms with Crippen molar-refractivity contribution < 1.29 is 17.3 Å². The molecule has 0 heterocycles. The van der Waals surface area contributed by atoms with Crippen LogP contribution in [0.3, 0.4) is 0 Å². The van der Waals surface area contributed by atoms with Gasteiger partial charge in [-0.1, -0.05) is 0 Å². The van der Waals surface area contributed by atoms with Crippen molar-refractivity contribution in [1.29, 1.82) is 0 Å². The van der Waals surface area contributed by atoms with Gasteiger partial charge in [-0.25, -0.2) is 0 Å². The third-order valence-corrected chi connectivity index (χ3v) is 3.43. The van der Waals surface area contributed by atoms with Gasteiger partial charge in [0.05, 0.1) is 0 Å². The first-order valence-electron chi connectivity index (χ1n) is 8.67. The van der Waals surface area contributed by atoms with Gasteiger partial charge in [-0.15, -0.1) is 0 Å². The first-order chi connectivity index (χ1) is 12.2. The van der Waals surface area contributed by atoms with Crippen LogP contribution in [-0.2, 0) is 17.3 Å². The summed E-state index contributed by atoms with van der Waals surface area (Å²) >= 11 is 0.923. The molecule has 0 saturated carbocycles. The van der Waals surface area contributed by atoms with E-state index in [1.165, 1.54) is 0 Å². The van der Waals surface area contributed by atoms with E-state index in [4.69, 9.17) is 34.5 Å². The van der Waals surface area contributed by atoms with Crippen molar-refractivity contribution >= 4 is 22.9 Å². The van der Waals surface area contributed by atoms with Crippen molar-refractivity contribution in [3.63, 3.8) is 0 Å². The molecule has 0 aromatic heterocycles. The Morgan fingerprint density at radius 2 is 1.00 bits per heavy atom. The maximum absolute atomic E-state index is 5.87. The fraction of sp³-hybridized carbons (Fsp3) is 1.00. The Bertz CT molecular complexity index is 246. The molecule has 3 radical (unpaired) electrons. The predicted octanol–water partition coefficient (Wildman–Crippen LogP) is -3.56. The van der Waals surface area contributed by atoms with Gasteiger partial charge in [0.2, 0.25) is 0 Å². The van der Waals surface area contributed by atoms with Crippen molar-refractivity contribution in [2.45, 2.75) is 5.97 Å².